The van der Waals surface area contributed by atoms with E-state index in [1.165, 1.54) is 0 Å². The molecule has 0 aliphatic heterocycles. The van der Waals surface area contributed by atoms with Gasteiger partial charge < -0.3 is 10.2 Å². The first-order valence-electron chi connectivity index (χ1n) is 6.14. The van der Waals surface area contributed by atoms with Gasteiger partial charge in [-0.3, -0.25) is 4.79 Å². The SMILES string of the molecule is CCCN(C)CCC(=O)Nc1ccc(C#N)cc1. The first-order valence-corrected chi connectivity index (χ1v) is 6.14. The largest absolute Gasteiger partial charge is 0.326 e. The molecule has 0 bridgehead atoms. The van der Waals surface area contributed by atoms with Crippen molar-refractivity contribution in [1.82, 2.24) is 4.90 Å². The number of nitrogens with one attached hydrogen (secondary N) is 1. The Bertz CT molecular complexity index is 420. The van der Waals surface area contributed by atoms with Crippen LogP contribution in [0.4, 0.5) is 5.69 Å². The molecule has 0 unspecified atom stereocenters. The van der Waals surface area contributed by atoms with Gasteiger partial charge in [-0.2, -0.15) is 5.26 Å². The molecule has 0 atom stereocenters. The lowest BCUT2D eigenvalue weighted by Gasteiger charge is -2.14. The monoisotopic (exact) mass is 245 g/mol. The number of anilines is 1. The Hall–Kier alpha value is -1.86. The normalized spacial score (nSPS) is 10.1. The predicted octanol–water partition coefficient (Wildman–Crippen LogP) is 2.23. The maximum atomic E-state index is 11.7. The molecule has 1 rings (SSSR count). The number of hydrogen-bond donors (Lipinski definition) is 1. The molecule has 0 spiro atoms. The van der Waals surface area contributed by atoms with Crippen molar-refractivity contribution in [1.29, 1.82) is 5.26 Å². The summed E-state index contributed by atoms with van der Waals surface area (Å²) in [5, 5.41) is 11.5. The van der Waals surface area contributed by atoms with Gasteiger partial charge in [0.05, 0.1) is 11.6 Å². The highest BCUT2D eigenvalue weighted by atomic mass is 16.1. The van der Waals surface area contributed by atoms with E-state index in [2.05, 4.69) is 17.1 Å². The Morgan fingerprint density at radius 3 is 2.56 bits per heavy atom. The second-order valence-electron chi connectivity index (χ2n) is 4.29. The predicted molar refractivity (Wildman–Crippen MR) is 72.2 cm³/mol. The minimum Gasteiger partial charge on any atom is -0.326 e. The topological polar surface area (TPSA) is 56.1 Å². The van der Waals surface area contributed by atoms with Crippen LogP contribution in [0.5, 0.6) is 0 Å². The third-order valence-corrected chi connectivity index (χ3v) is 2.62. The van der Waals surface area contributed by atoms with Crippen molar-refractivity contribution in [3.63, 3.8) is 0 Å². The highest BCUT2D eigenvalue weighted by molar-refractivity contribution is 5.90. The molecule has 0 fully saturated rings. The van der Waals surface area contributed by atoms with Crippen molar-refractivity contribution >= 4 is 11.6 Å². The second-order valence-corrected chi connectivity index (χ2v) is 4.29. The summed E-state index contributed by atoms with van der Waals surface area (Å²) in [5.74, 6) is 0.00246. The molecule has 0 saturated heterocycles. The summed E-state index contributed by atoms with van der Waals surface area (Å²) in [5.41, 5.74) is 1.33. The van der Waals surface area contributed by atoms with Gasteiger partial charge >= 0.3 is 0 Å². The fourth-order valence-corrected chi connectivity index (χ4v) is 1.64. The fourth-order valence-electron chi connectivity index (χ4n) is 1.64. The lowest BCUT2D eigenvalue weighted by molar-refractivity contribution is -0.116. The van der Waals surface area contributed by atoms with Gasteiger partial charge in [-0.1, -0.05) is 6.92 Å². The van der Waals surface area contributed by atoms with Crippen LogP contribution in [0.1, 0.15) is 25.3 Å². The Morgan fingerprint density at radius 2 is 2.00 bits per heavy atom. The zero-order chi connectivity index (χ0) is 13.4. The zero-order valence-corrected chi connectivity index (χ0v) is 10.9. The number of nitriles is 1. The lowest BCUT2D eigenvalue weighted by Crippen LogP contribution is -2.24. The van der Waals surface area contributed by atoms with E-state index in [9.17, 15) is 4.79 Å². The molecular weight excluding hydrogens is 226 g/mol. The van der Waals surface area contributed by atoms with Crippen molar-refractivity contribution in [2.75, 3.05) is 25.5 Å². The summed E-state index contributed by atoms with van der Waals surface area (Å²) >= 11 is 0. The summed E-state index contributed by atoms with van der Waals surface area (Å²) in [7, 11) is 2.01. The van der Waals surface area contributed by atoms with Crippen molar-refractivity contribution < 1.29 is 4.79 Å². The summed E-state index contributed by atoms with van der Waals surface area (Å²) in [4.78, 5) is 13.8. The Morgan fingerprint density at radius 1 is 1.33 bits per heavy atom. The van der Waals surface area contributed by atoms with Gasteiger partial charge in [-0.05, 0) is 44.3 Å². The Labute approximate surface area is 108 Å². The summed E-state index contributed by atoms with van der Waals surface area (Å²) in [6.07, 6.45) is 1.57. The number of amides is 1. The average Bonchev–Trinajstić information content (AvgIpc) is 2.38. The lowest BCUT2D eigenvalue weighted by atomic mass is 10.2. The van der Waals surface area contributed by atoms with Crippen LogP contribution in [0, 0.1) is 11.3 Å². The molecule has 0 aliphatic carbocycles. The van der Waals surface area contributed by atoms with Crippen molar-refractivity contribution in [3.8, 4) is 6.07 Å². The molecule has 1 aromatic rings. The zero-order valence-electron chi connectivity index (χ0n) is 10.9. The molecule has 0 aliphatic rings. The van der Waals surface area contributed by atoms with E-state index in [0.717, 1.165) is 25.2 Å². The molecular formula is C14H19N3O. The van der Waals surface area contributed by atoms with Crippen LogP contribution in [0.3, 0.4) is 0 Å². The minimum absolute atomic E-state index is 0.00246. The van der Waals surface area contributed by atoms with Crippen LogP contribution in [0.2, 0.25) is 0 Å². The van der Waals surface area contributed by atoms with E-state index < -0.39 is 0 Å². The molecule has 1 amide bonds. The van der Waals surface area contributed by atoms with E-state index in [1.54, 1.807) is 24.3 Å². The van der Waals surface area contributed by atoms with Crippen LogP contribution < -0.4 is 5.32 Å². The molecule has 18 heavy (non-hydrogen) atoms. The van der Waals surface area contributed by atoms with Gasteiger partial charge in [-0.15, -0.1) is 0 Å². The summed E-state index contributed by atoms with van der Waals surface area (Å²) in [6, 6.07) is 8.91. The smallest absolute Gasteiger partial charge is 0.225 e. The maximum Gasteiger partial charge on any atom is 0.225 e. The number of rotatable bonds is 6. The molecule has 4 nitrogen and oxygen atoms in total. The van der Waals surface area contributed by atoms with E-state index in [1.807, 2.05) is 13.1 Å². The second kappa shape index (κ2) is 7.46. The quantitative estimate of drug-likeness (QED) is 0.836. The van der Waals surface area contributed by atoms with E-state index in [-0.39, 0.29) is 5.91 Å². The number of carbonyl (C=O) groups excluding carboxylic acids is 1. The minimum atomic E-state index is 0.00246. The number of carbonyl (C=O) groups is 1. The number of hydrogen-bond acceptors (Lipinski definition) is 3. The van der Waals surface area contributed by atoms with Crippen molar-refractivity contribution in [3.05, 3.63) is 29.8 Å². The first-order chi connectivity index (χ1) is 8.65. The molecule has 0 heterocycles. The molecule has 1 N–H and O–H groups in total. The van der Waals surface area contributed by atoms with Crippen LogP contribution in [-0.4, -0.2) is 30.9 Å². The fraction of sp³-hybridized carbons (Fsp3) is 0.429. The Kier molecular flexibility index (Phi) is 5.89. The highest BCUT2D eigenvalue weighted by Gasteiger charge is 2.04. The molecule has 0 radical (unpaired) electrons. The van der Waals surface area contributed by atoms with Gasteiger partial charge in [0.25, 0.3) is 0 Å². The number of nitrogens with zero attached hydrogens (tertiary/aromatic N) is 2. The van der Waals surface area contributed by atoms with Crippen LogP contribution in [-0.2, 0) is 4.79 Å². The number of benzene rings is 1. The van der Waals surface area contributed by atoms with Gasteiger partial charge in [0, 0.05) is 18.7 Å². The first kappa shape index (κ1) is 14.2. The average molecular weight is 245 g/mol. The molecule has 1 aromatic carbocycles. The van der Waals surface area contributed by atoms with Crippen LogP contribution in [0.25, 0.3) is 0 Å². The van der Waals surface area contributed by atoms with Crippen LogP contribution >= 0.6 is 0 Å². The van der Waals surface area contributed by atoms with Crippen LogP contribution in [0.15, 0.2) is 24.3 Å². The van der Waals surface area contributed by atoms with Gasteiger partial charge in [0.2, 0.25) is 5.91 Å². The molecule has 4 heteroatoms. The molecule has 0 aromatic heterocycles. The summed E-state index contributed by atoms with van der Waals surface area (Å²) < 4.78 is 0. The van der Waals surface area contributed by atoms with E-state index >= 15 is 0 Å². The third kappa shape index (κ3) is 4.98. The van der Waals surface area contributed by atoms with Gasteiger partial charge in [-0.25, -0.2) is 0 Å². The molecule has 0 saturated carbocycles. The maximum absolute atomic E-state index is 11.7. The Balaban J connectivity index is 2.37. The standard InChI is InChI=1S/C14H19N3O/c1-3-9-17(2)10-8-14(18)16-13-6-4-12(11-15)5-7-13/h4-7H,3,8-10H2,1-2H3,(H,16,18). The van der Waals surface area contributed by atoms with Gasteiger partial charge in [0.1, 0.15) is 0 Å². The molecule has 96 valence electrons. The highest BCUT2D eigenvalue weighted by Crippen LogP contribution is 2.09. The van der Waals surface area contributed by atoms with E-state index in [4.69, 9.17) is 5.26 Å². The van der Waals surface area contributed by atoms with Crippen molar-refractivity contribution in [2.45, 2.75) is 19.8 Å². The van der Waals surface area contributed by atoms with Gasteiger partial charge in [0.15, 0.2) is 0 Å². The van der Waals surface area contributed by atoms with E-state index in [0.29, 0.717) is 12.0 Å². The van der Waals surface area contributed by atoms with Crippen molar-refractivity contribution in [2.24, 2.45) is 0 Å². The third-order valence-electron chi connectivity index (χ3n) is 2.62. The summed E-state index contributed by atoms with van der Waals surface area (Å²) in [6.45, 7) is 3.88.